The summed E-state index contributed by atoms with van der Waals surface area (Å²) in [6.45, 7) is 1.86. The molecule has 0 radical (unpaired) electrons. The van der Waals surface area contributed by atoms with Gasteiger partial charge in [0.2, 0.25) is 5.82 Å². The summed E-state index contributed by atoms with van der Waals surface area (Å²) in [6, 6.07) is 7.19. The summed E-state index contributed by atoms with van der Waals surface area (Å²) in [7, 11) is 3.43. The van der Waals surface area contributed by atoms with Crippen molar-refractivity contribution in [3.05, 3.63) is 36.3 Å². The lowest BCUT2D eigenvalue weighted by Gasteiger charge is -2.28. The van der Waals surface area contributed by atoms with Crippen LogP contribution in [0.4, 0.5) is 11.5 Å². The quantitative estimate of drug-likeness (QED) is 0.764. The van der Waals surface area contributed by atoms with Crippen LogP contribution in [-0.4, -0.2) is 45.9 Å². The van der Waals surface area contributed by atoms with Crippen molar-refractivity contribution >= 4 is 28.4 Å². The number of ether oxygens (including phenoxy) is 1. The molecule has 3 heterocycles. The molecule has 0 atom stereocenters. The maximum Gasteiger partial charge on any atom is 0.293 e. The van der Waals surface area contributed by atoms with Gasteiger partial charge >= 0.3 is 0 Å². The minimum absolute atomic E-state index is 0.115. The molecular weight excluding hydrogens is 344 g/mol. The Kier molecular flexibility index (Phi) is 4.62. The molecule has 0 saturated carbocycles. The Balaban J connectivity index is 1.69. The minimum Gasteiger partial charge on any atom is -0.497 e. The number of anilines is 2. The van der Waals surface area contributed by atoms with Crippen molar-refractivity contribution in [2.75, 3.05) is 30.4 Å². The molecule has 0 bridgehead atoms. The van der Waals surface area contributed by atoms with E-state index in [-0.39, 0.29) is 11.7 Å². The van der Waals surface area contributed by atoms with Crippen LogP contribution in [0.1, 0.15) is 29.9 Å². The van der Waals surface area contributed by atoms with Gasteiger partial charge in [-0.1, -0.05) is 6.07 Å². The molecule has 1 fully saturated rings. The first kappa shape index (κ1) is 17.3. The Bertz CT molecular complexity index is 977. The van der Waals surface area contributed by atoms with E-state index in [2.05, 4.69) is 25.3 Å². The number of piperidine rings is 1. The van der Waals surface area contributed by atoms with Crippen molar-refractivity contribution in [3.8, 4) is 5.75 Å². The number of carbonyl (C=O) groups is 1. The van der Waals surface area contributed by atoms with Crippen molar-refractivity contribution in [1.82, 2.24) is 19.7 Å². The molecule has 2 aromatic heterocycles. The van der Waals surface area contributed by atoms with Gasteiger partial charge in [0.05, 0.1) is 12.5 Å². The highest BCUT2D eigenvalue weighted by atomic mass is 16.5. The molecule has 1 aliphatic rings. The van der Waals surface area contributed by atoms with Gasteiger partial charge in [-0.05, 0) is 31.4 Å². The van der Waals surface area contributed by atoms with Crippen LogP contribution in [0, 0.1) is 0 Å². The molecule has 1 saturated heterocycles. The molecule has 3 aromatic rings. The maximum atomic E-state index is 12.8. The van der Waals surface area contributed by atoms with E-state index in [0.717, 1.165) is 37.1 Å². The zero-order chi connectivity index (χ0) is 18.8. The lowest BCUT2D eigenvalue weighted by molar-refractivity contribution is 0.101. The van der Waals surface area contributed by atoms with E-state index in [1.54, 1.807) is 23.9 Å². The Hall–Kier alpha value is -3.16. The third kappa shape index (κ3) is 3.55. The van der Waals surface area contributed by atoms with Gasteiger partial charge in [0.15, 0.2) is 5.65 Å². The molecule has 8 nitrogen and oxygen atoms in total. The summed E-state index contributed by atoms with van der Waals surface area (Å²) in [6.07, 6.45) is 5.37. The van der Waals surface area contributed by atoms with Gasteiger partial charge in [-0.3, -0.25) is 9.48 Å². The number of aromatic nitrogens is 4. The number of nitrogens with one attached hydrogen (secondary N) is 1. The number of rotatable bonds is 4. The van der Waals surface area contributed by atoms with E-state index in [1.807, 2.05) is 25.4 Å². The minimum atomic E-state index is -0.367. The van der Waals surface area contributed by atoms with Crippen molar-refractivity contribution < 1.29 is 9.53 Å². The smallest absolute Gasteiger partial charge is 0.293 e. The van der Waals surface area contributed by atoms with Crippen molar-refractivity contribution in [2.45, 2.75) is 19.3 Å². The zero-order valence-electron chi connectivity index (χ0n) is 15.5. The molecule has 140 valence electrons. The number of methoxy groups -OCH3 is 1. The van der Waals surface area contributed by atoms with Gasteiger partial charge < -0.3 is 15.0 Å². The number of aryl methyl sites for hydroxylation is 1. The van der Waals surface area contributed by atoms with E-state index in [0.29, 0.717) is 17.1 Å². The SMILES string of the molecule is COc1cccc(NC(=O)c2nc(N3CCCCC3)c3cn(C)nc3n2)c1. The first-order chi connectivity index (χ1) is 13.1. The molecule has 8 heteroatoms. The summed E-state index contributed by atoms with van der Waals surface area (Å²) < 4.78 is 6.90. The van der Waals surface area contributed by atoms with Gasteiger partial charge in [0, 0.05) is 38.1 Å². The monoisotopic (exact) mass is 366 g/mol. The van der Waals surface area contributed by atoms with Crippen LogP contribution >= 0.6 is 0 Å². The molecule has 1 amide bonds. The number of hydrogen-bond donors (Lipinski definition) is 1. The molecule has 1 N–H and O–H groups in total. The second-order valence-electron chi connectivity index (χ2n) is 6.64. The lowest BCUT2D eigenvalue weighted by atomic mass is 10.1. The van der Waals surface area contributed by atoms with Crippen molar-refractivity contribution in [2.24, 2.45) is 7.05 Å². The largest absolute Gasteiger partial charge is 0.497 e. The fourth-order valence-electron chi connectivity index (χ4n) is 3.34. The highest BCUT2D eigenvalue weighted by Gasteiger charge is 2.21. The van der Waals surface area contributed by atoms with Crippen LogP contribution in [-0.2, 0) is 7.05 Å². The predicted octanol–water partition coefficient (Wildman–Crippen LogP) is 2.61. The van der Waals surface area contributed by atoms with Gasteiger partial charge in [-0.15, -0.1) is 0 Å². The van der Waals surface area contributed by atoms with E-state index < -0.39 is 0 Å². The zero-order valence-corrected chi connectivity index (χ0v) is 15.5. The van der Waals surface area contributed by atoms with Gasteiger partial charge in [0.25, 0.3) is 5.91 Å². The van der Waals surface area contributed by atoms with E-state index in [1.165, 1.54) is 6.42 Å². The number of amides is 1. The normalized spacial score (nSPS) is 14.4. The molecule has 4 rings (SSSR count). The summed E-state index contributed by atoms with van der Waals surface area (Å²) in [4.78, 5) is 24.0. The highest BCUT2D eigenvalue weighted by Crippen LogP contribution is 2.26. The van der Waals surface area contributed by atoms with Crippen LogP contribution < -0.4 is 15.0 Å². The van der Waals surface area contributed by atoms with Crippen LogP contribution in [0.3, 0.4) is 0 Å². The van der Waals surface area contributed by atoms with Crippen LogP contribution in [0.15, 0.2) is 30.5 Å². The summed E-state index contributed by atoms with van der Waals surface area (Å²) >= 11 is 0. The van der Waals surface area contributed by atoms with E-state index in [9.17, 15) is 4.79 Å². The summed E-state index contributed by atoms with van der Waals surface area (Å²) in [5.41, 5.74) is 1.16. The average molecular weight is 366 g/mol. The van der Waals surface area contributed by atoms with Crippen LogP contribution in [0.5, 0.6) is 5.75 Å². The second kappa shape index (κ2) is 7.22. The fraction of sp³-hybridized carbons (Fsp3) is 0.368. The number of carbonyl (C=O) groups excluding carboxylic acids is 1. The molecule has 1 aliphatic heterocycles. The molecule has 0 unspecified atom stereocenters. The predicted molar refractivity (Wildman–Crippen MR) is 103 cm³/mol. The number of benzene rings is 1. The fourth-order valence-corrected chi connectivity index (χ4v) is 3.34. The van der Waals surface area contributed by atoms with E-state index >= 15 is 0 Å². The molecule has 0 aliphatic carbocycles. The average Bonchev–Trinajstić information content (AvgIpc) is 3.08. The van der Waals surface area contributed by atoms with Crippen molar-refractivity contribution in [3.63, 3.8) is 0 Å². The number of hydrogen-bond acceptors (Lipinski definition) is 6. The maximum absolute atomic E-state index is 12.8. The molecule has 1 aromatic carbocycles. The van der Waals surface area contributed by atoms with Gasteiger partial charge in [0.1, 0.15) is 11.6 Å². The third-order valence-electron chi connectivity index (χ3n) is 4.66. The number of nitrogens with zero attached hydrogens (tertiary/aromatic N) is 5. The lowest BCUT2D eigenvalue weighted by Crippen LogP contribution is -2.31. The number of fused-ring (bicyclic) bond motifs is 1. The summed E-state index contributed by atoms with van der Waals surface area (Å²) in [5, 5.41) is 8.10. The first-order valence-electron chi connectivity index (χ1n) is 9.06. The molecule has 27 heavy (non-hydrogen) atoms. The third-order valence-corrected chi connectivity index (χ3v) is 4.66. The van der Waals surface area contributed by atoms with Crippen LogP contribution in [0.25, 0.3) is 11.0 Å². The Morgan fingerprint density at radius 2 is 2.00 bits per heavy atom. The molecule has 0 spiro atoms. The van der Waals surface area contributed by atoms with Gasteiger partial charge in [-0.25, -0.2) is 9.97 Å². The first-order valence-corrected chi connectivity index (χ1v) is 9.06. The van der Waals surface area contributed by atoms with E-state index in [4.69, 9.17) is 4.74 Å². The standard InChI is InChI=1S/C19H22N6O2/c1-24-12-15-16(23-24)21-17(22-18(15)25-9-4-3-5-10-25)19(26)20-13-7-6-8-14(11-13)27-2/h6-8,11-12H,3-5,9-10H2,1-2H3,(H,20,26). The highest BCUT2D eigenvalue weighted by molar-refractivity contribution is 6.03. The molecular formula is C19H22N6O2. The Labute approximate surface area is 157 Å². The second-order valence-corrected chi connectivity index (χ2v) is 6.64. The Morgan fingerprint density at radius 3 is 2.78 bits per heavy atom. The van der Waals surface area contributed by atoms with Crippen molar-refractivity contribution in [1.29, 1.82) is 0 Å². The topological polar surface area (TPSA) is 85.2 Å². The summed E-state index contributed by atoms with van der Waals surface area (Å²) in [5.74, 6) is 1.20. The Morgan fingerprint density at radius 1 is 1.19 bits per heavy atom. The van der Waals surface area contributed by atoms with Crippen LogP contribution in [0.2, 0.25) is 0 Å². The van der Waals surface area contributed by atoms with Gasteiger partial charge in [-0.2, -0.15) is 5.10 Å².